The topological polar surface area (TPSA) is 78.7 Å². The summed E-state index contributed by atoms with van der Waals surface area (Å²) in [5.41, 5.74) is 3.16. The lowest BCUT2D eigenvalue weighted by Crippen LogP contribution is -2.08. The van der Waals surface area contributed by atoms with E-state index in [1.165, 1.54) is 38.0 Å². The molecule has 0 saturated heterocycles. The summed E-state index contributed by atoms with van der Waals surface area (Å²) >= 11 is 0. The van der Waals surface area contributed by atoms with E-state index in [9.17, 15) is 14.9 Å². The number of nitrogens with zero attached hydrogens (tertiary/aromatic N) is 1. The second-order valence-electron chi connectivity index (χ2n) is 5.98. The van der Waals surface area contributed by atoms with Crippen molar-refractivity contribution in [2.24, 2.45) is 0 Å². The highest BCUT2D eigenvalue weighted by molar-refractivity contribution is 6.01. The first-order chi connectivity index (χ1) is 12.1. The van der Waals surface area contributed by atoms with Crippen LogP contribution in [0.5, 0.6) is 5.75 Å². The van der Waals surface area contributed by atoms with E-state index < -0.39 is 10.9 Å². The summed E-state index contributed by atoms with van der Waals surface area (Å²) in [5, 5.41) is 11.6. The number of fused-ring (bicyclic) bond motifs is 1. The molecular weight excluding hydrogens is 322 g/mol. The molecule has 0 aliphatic heterocycles. The molecule has 0 bridgehead atoms. The van der Waals surface area contributed by atoms with Crippen molar-refractivity contribution in [3.05, 3.63) is 57.1 Å². The summed E-state index contributed by atoms with van der Waals surface area (Å²) in [6.45, 7) is 0. The molecule has 130 valence electrons. The molecule has 3 rings (SSSR count). The van der Waals surface area contributed by atoms with Crippen molar-refractivity contribution >= 4 is 11.7 Å². The number of esters is 1. The second kappa shape index (κ2) is 6.93. The van der Waals surface area contributed by atoms with Crippen molar-refractivity contribution in [3.8, 4) is 16.9 Å². The maximum atomic E-state index is 12.2. The van der Waals surface area contributed by atoms with E-state index in [4.69, 9.17) is 9.47 Å². The molecule has 0 fully saturated rings. The quantitative estimate of drug-likeness (QED) is 0.478. The van der Waals surface area contributed by atoms with E-state index >= 15 is 0 Å². The number of nitro groups is 1. The van der Waals surface area contributed by atoms with Crippen LogP contribution in [0.3, 0.4) is 0 Å². The molecule has 0 radical (unpaired) electrons. The van der Waals surface area contributed by atoms with Crippen LogP contribution in [0.25, 0.3) is 11.1 Å². The molecule has 0 N–H and O–H groups in total. The van der Waals surface area contributed by atoms with Gasteiger partial charge in [-0.2, -0.15) is 0 Å². The molecule has 0 heterocycles. The van der Waals surface area contributed by atoms with Crippen LogP contribution in [0.15, 0.2) is 30.3 Å². The summed E-state index contributed by atoms with van der Waals surface area (Å²) < 4.78 is 10.3. The second-order valence-corrected chi connectivity index (χ2v) is 5.98. The lowest BCUT2D eigenvalue weighted by Gasteiger charge is -2.20. The maximum absolute atomic E-state index is 12.2. The minimum Gasteiger partial charge on any atom is -0.496 e. The molecule has 0 atom stereocenters. The average molecular weight is 341 g/mol. The van der Waals surface area contributed by atoms with Gasteiger partial charge in [0, 0.05) is 11.6 Å². The molecular formula is C19H19NO5. The Morgan fingerprint density at radius 1 is 1.12 bits per heavy atom. The van der Waals surface area contributed by atoms with Gasteiger partial charge in [-0.3, -0.25) is 10.1 Å². The van der Waals surface area contributed by atoms with Crippen LogP contribution >= 0.6 is 0 Å². The van der Waals surface area contributed by atoms with Gasteiger partial charge in [0.1, 0.15) is 5.75 Å². The van der Waals surface area contributed by atoms with Crippen LogP contribution in [0, 0.1) is 10.1 Å². The van der Waals surface area contributed by atoms with Gasteiger partial charge in [0.15, 0.2) is 0 Å². The molecule has 25 heavy (non-hydrogen) atoms. The lowest BCUT2D eigenvalue weighted by atomic mass is 9.87. The minimum atomic E-state index is -0.613. The zero-order valence-electron chi connectivity index (χ0n) is 14.2. The summed E-state index contributed by atoms with van der Waals surface area (Å²) in [7, 11) is 2.79. The van der Waals surface area contributed by atoms with Crippen molar-refractivity contribution in [3.63, 3.8) is 0 Å². The molecule has 2 aromatic carbocycles. The number of ether oxygens (including phenoxy) is 2. The van der Waals surface area contributed by atoms with Crippen LogP contribution in [-0.2, 0) is 17.6 Å². The highest BCUT2D eigenvalue weighted by Gasteiger charge is 2.27. The fraction of sp³-hybridized carbons (Fsp3) is 0.316. The van der Waals surface area contributed by atoms with Crippen molar-refractivity contribution in [1.29, 1.82) is 0 Å². The third kappa shape index (κ3) is 3.07. The summed E-state index contributed by atoms with van der Waals surface area (Å²) in [6, 6.07) is 8.26. The maximum Gasteiger partial charge on any atom is 0.338 e. The number of carbonyl (C=O) groups is 1. The van der Waals surface area contributed by atoms with Gasteiger partial charge in [0.2, 0.25) is 0 Å². The zero-order valence-corrected chi connectivity index (χ0v) is 14.2. The highest BCUT2D eigenvalue weighted by Crippen LogP contribution is 2.41. The van der Waals surface area contributed by atoms with Gasteiger partial charge in [-0.25, -0.2) is 4.79 Å². The molecule has 0 amide bonds. The monoisotopic (exact) mass is 341 g/mol. The summed E-state index contributed by atoms with van der Waals surface area (Å²) in [4.78, 5) is 23.3. The molecule has 6 nitrogen and oxygen atoms in total. The van der Waals surface area contributed by atoms with Gasteiger partial charge in [-0.1, -0.05) is 6.07 Å². The largest absolute Gasteiger partial charge is 0.496 e. The van der Waals surface area contributed by atoms with E-state index in [0.717, 1.165) is 31.2 Å². The molecule has 1 aliphatic carbocycles. The molecule has 1 aliphatic rings. The minimum absolute atomic E-state index is 0.142. The van der Waals surface area contributed by atoms with Gasteiger partial charge in [-0.15, -0.1) is 0 Å². The van der Waals surface area contributed by atoms with E-state index in [-0.39, 0.29) is 16.8 Å². The fourth-order valence-corrected chi connectivity index (χ4v) is 3.38. The van der Waals surface area contributed by atoms with Crippen molar-refractivity contribution in [2.75, 3.05) is 14.2 Å². The Labute approximate surface area is 145 Å². The SMILES string of the molecule is COC(=O)c1cccc([N+](=O)[O-])c1-c1cc2c(cc1OC)CCCC2. The average Bonchev–Trinajstić information content (AvgIpc) is 2.65. The molecule has 0 aromatic heterocycles. The number of rotatable bonds is 4. The molecule has 0 unspecified atom stereocenters. The number of hydrogen-bond acceptors (Lipinski definition) is 5. The Morgan fingerprint density at radius 3 is 2.40 bits per heavy atom. The molecule has 6 heteroatoms. The first kappa shape index (κ1) is 17.0. The number of aryl methyl sites for hydroxylation is 2. The molecule has 2 aromatic rings. The third-order valence-corrected chi connectivity index (χ3v) is 4.58. The van der Waals surface area contributed by atoms with Crippen LogP contribution < -0.4 is 4.74 Å². The predicted octanol–water partition coefficient (Wildman–Crippen LogP) is 3.94. The van der Waals surface area contributed by atoms with Crippen LogP contribution in [0.1, 0.15) is 34.3 Å². The van der Waals surface area contributed by atoms with Crippen molar-refractivity contribution < 1.29 is 19.2 Å². The first-order valence-electron chi connectivity index (χ1n) is 8.12. The standard InChI is InChI=1S/C19H19NO5/c1-24-17-11-13-7-4-3-6-12(13)10-15(17)18-14(19(21)25-2)8-5-9-16(18)20(22)23/h5,8-11H,3-4,6-7H2,1-2H3. The van der Waals surface area contributed by atoms with Gasteiger partial charge in [0.05, 0.1) is 30.3 Å². The van der Waals surface area contributed by atoms with Crippen molar-refractivity contribution in [1.82, 2.24) is 0 Å². The normalized spacial score (nSPS) is 13.0. The summed E-state index contributed by atoms with van der Waals surface area (Å²) in [6.07, 6.45) is 4.08. The Bertz CT molecular complexity index is 844. The number of methoxy groups -OCH3 is 2. The first-order valence-corrected chi connectivity index (χ1v) is 8.12. The van der Waals surface area contributed by atoms with Gasteiger partial charge in [0.25, 0.3) is 5.69 Å². The van der Waals surface area contributed by atoms with E-state index in [2.05, 4.69) is 0 Å². The van der Waals surface area contributed by atoms with Gasteiger partial charge < -0.3 is 9.47 Å². The number of hydrogen-bond donors (Lipinski definition) is 0. The Kier molecular flexibility index (Phi) is 4.70. The van der Waals surface area contributed by atoms with Crippen LogP contribution in [-0.4, -0.2) is 25.1 Å². The third-order valence-electron chi connectivity index (χ3n) is 4.58. The molecule has 0 spiro atoms. The fourth-order valence-electron chi connectivity index (χ4n) is 3.38. The van der Waals surface area contributed by atoms with Crippen molar-refractivity contribution in [2.45, 2.75) is 25.7 Å². The van der Waals surface area contributed by atoms with Gasteiger partial charge >= 0.3 is 5.97 Å². The van der Waals surface area contributed by atoms with E-state index in [1.807, 2.05) is 12.1 Å². The Morgan fingerprint density at radius 2 is 1.80 bits per heavy atom. The van der Waals surface area contributed by atoms with E-state index in [1.54, 1.807) is 0 Å². The van der Waals surface area contributed by atoms with E-state index in [0.29, 0.717) is 11.3 Å². The Hall–Kier alpha value is -2.89. The zero-order chi connectivity index (χ0) is 18.0. The number of carbonyl (C=O) groups excluding carboxylic acids is 1. The Balaban J connectivity index is 2.31. The highest BCUT2D eigenvalue weighted by atomic mass is 16.6. The smallest absolute Gasteiger partial charge is 0.338 e. The van der Waals surface area contributed by atoms with Crippen LogP contribution in [0.4, 0.5) is 5.69 Å². The number of nitro benzene ring substituents is 1. The summed E-state index contributed by atoms with van der Waals surface area (Å²) in [5.74, 6) is -0.0847. The van der Waals surface area contributed by atoms with Gasteiger partial charge in [-0.05, 0) is 55.0 Å². The lowest BCUT2D eigenvalue weighted by molar-refractivity contribution is -0.384. The number of benzene rings is 2. The van der Waals surface area contributed by atoms with Crippen LogP contribution in [0.2, 0.25) is 0 Å². The molecule has 0 saturated carbocycles. The predicted molar refractivity (Wildman–Crippen MR) is 93.1 cm³/mol.